The summed E-state index contributed by atoms with van der Waals surface area (Å²) in [5.74, 6) is 2.37. The zero-order valence-corrected chi connectivity index (χ0v) is 12.8. The molecule has 1 saturated heterocycles. The largest absolute Gasteiger partial charge is 0.342 e. The van der Waals surface area contributed by atoms with E-state index in [2.05, 4.69) is 43.4 Å². The van der Waals surface area contributed by atoms with E-state index in [1.54, 1.807) is 0 Å². The van der Waals surface area contributed by atoms with Crippen LogP contribution in [0, 0.1) is 18.8 Å². The first-order valence-electron chi connectivity index (χ1n) is 7.55. The second-order valence-corrected chi connectivity index (χ2v) is 6.30. The van der Waals surface area contributed by atoms with Crippen LogP contribution in [0.2, 0.25) is 0 Å². The van der Waals surface area contributed by atoms with Gasteiger partial charge < -0.3 is 15.2 Å². The number of piperidine rings is 1. The zero-order valence-electron chi connectivity index (χ0n) is 12.8. The summed E-state index contributed by atoms with van der Waals surface area (Å²) >= 11 is 0. The van der Waals surface area contributed by atoms with E-state index in [0.717, 1.165) is 44.1 Å². The highest BCUT2D eigenvalue weighted by Gasteiger charge is 2.27. The summed E-state index contributed by atoms with van der Waals surface area (Å²) in [6.07, 6.45) is 4.40. The minimum Gasteiger partial charge on any atom is -0.342 e. The monoisotopic (exact) mass is 264 g/mol. The van der Waals surface area contributed by atoms with Crippen molar-refractivity contribution in [2.75, 3.05) is 18.0 Å². The molecule has 0 bridgehead atoms. The Balaban J connectivity index is 2.17. The van der Waals surface area contributed by atoms with Gasteiger partial charge in [-0.05, 0) is 25.2 Å². The highest BCUT2D eigenvalue weighted by Crippen LogP contribution is 2.24. The molecule has 1 aromatic heterocycles. The minimum absolute atomic E-state index is 0.357. The van der Waals surface area contributed by atoms with Crippen molar-refractivity contribution in [3.05, 3.63) is 11.9 Å². The van der Waals surface area contributed by atoms with Crippen molar-refractivity contribution >= 4 is 5.95 Å². The van der Waals surface area contributed by atoms with Gasteiger partial charge in [-0.25, -0.2) is 4.98 Å². The highest BCUT2D eigenvalue weighted by atomic mass is 15.3. The van der Waals surface area contributed by atoms with Crippen LogP contribution in [-0.2, 0) is 6.54 Å². The third-order valence-electron chi connectivity index (χ3n) is 4.04. The van der Waals surface area contributed by atoms with Crippen LogP contribution in [-0.4, -0.2) is 28.7 Å². The van der Waals surface area contributed by atoms with E-state index in [-0.39, 0.29) is 0 Å². The molecule has 4 heteroatoms. The van der Waals surface area contributed by atoms with Gasteiger partial charge in [0, 0.05) is 31.9 Å². The number of aryl methyl sites for hydroxylation is 1. The summed E-state index contributed by atoms with van der Waals surface area (Å²) in [5, 5.41) is 0. The Kier molecular flexibility index (Phi) is 4.50. The molecule has 2 atom stereocenters. The van der Waals surface area contributed by atoms with Gasteiger partial charge in [-0.1, -0.05) is 27.2 Å². The lowest BCUT2D eigenvalue weighted by Crippen LogP contribution is -2.47. The molecule has 0 aliphatic carbocycles. The fraction of sp³-hybridized carbons (Fsp3) is 0.800. The van der Waals surface area contributed by atoms with Crippen LogP contribution in [0.25, 0.3) is 0 Å². The Bertz CT molecular complexity index is 410. The number of nitrogens with two attached hydrogens (primary N) is 1. The summed E-state index contributed by atoms with van der Waals surface area (Å²) < 4.78 is 2.31. The topological polar surface area (TPSA) is 47.1 Å². The van der Waals surface area contributed by atoms with Gasteiger partial charge in [0.15, 0.2) is 0 Å². The SMILES string of the molecule is CCC1CN(c2nc(C)cn2CC(C)C)CCC1N. The molecule has 0 aromatic carbocycles. The van der Waals surface area contributed by atoms with Crippen LogP contribution in [0.3, 0.4) is 0 Å². The Morgan fingerprint density at radius 3 is 2.84 bits per heavy atom. The third kappa shape index (κ3) is 3.30. The van der Waals surface area contributed by atoms with Gasteiger partial charge >= 0.3 is 0 Å². The molecule has 4 nitrogen and oxygen atoms in total. The zero-order chi connectivity index (χ0) is 14.0. The summed E-state index contributed by atoms with van der Waals surface area (Å²) in [6, 6.07) is 0.357. The van der Waals surface area contributed by atoms with Crippen molar-refractivity contribution in [1.82, 2.24) is 9.55 Å². The minimum atomic E-state index is 0.357. The Morgan fingerprint density at radius 2 is 2.21 bits per heavy atom. The number of hydrogen-bond acceptors (Lipinski definition) is 3. The first kappa shape index (κ1) is 14.4. The predicted octanol–water partition coefficient (Wildman–Crippen LogP) is 2.41. The van der Waals surface area contributed by atoms with Crippen LogP contribution in [0.1, 0.15) is 39.3 Å². The van der Waals surface area contributed by atoms with Crippen LogP contribution >= 0.6 is 0 Å². The maximum atomic E-state index is 6.20. The molecule has 108 valence electrons. The smallest absolute Gasteiger partial charge is 0.205 e. The Hall–Kier alpha value is -1.03. The number of nitrogens with zero attached hydrogens (tertiary/aromatic N) is 3. The number of anilines is 1. The Labute approximate surface area is 117 Å². The molecule has 1 aliphatic rings. The van der Waals surface area contributed by atoms with Gasteiger partial charge in [0.25, 0.3) is 0 Å². The fourth-order valence-corrected chi connectivity index (χ4v) is 2.98. The molecule has 0 spiro atoms. The molecule has 0 saturated carbocycles. The molecule has 0 amide bonds. The maximum absolute atomic E-state index is 6.20. The van der Waals surface area contributed by atoms with E-state index in [9.17, 15) is 0 Å². The maximum Gasteiger partial charge on any atom is 0.205 e. The molecule has 2 rings (SSSR count). The lowest BCUT2D eigenvalue weighted by atomic mass is 9.91. The first-order valence-corrected chi connectivity index (χ1v) is 7.55. The van der Waals surface area contributed by atoms with Gasteiger partial charge in [0.05, 0.1) is 5.69 Å². The molecule has 2 unspecified atom stereocenters. The Morgan fingerprint density at radius 1 is 1.47 bits per heavy atom. The van der Waals surface area contributed by atoms with Crippen molar-refractivity contribution in [3.63, 3.8) is 0 Å². The van der Waals surface area contributed by atoms with E-state index in [0.29, 0.717) is 17.9 Å². The quantitative estimate of drug-likeness (QED) is 0.908. The molecular formula is C15H28N4. The van der Waals surface area contributed by atoms with E-state index < -0.39 is 0 Å². The highest BCUT2D eigenvalue weighted by molar-refractivity contribution is 5.34. The van der Waals surface area contributed by atoms with Crippen molar-refractivity contribution in [2.45, 2.75) is 53.1 Å². The number of aromatic nitrogens is 2. The van der Waals surface area contributed by atoms with Crippen molar-refractivity contribution in [2.24, 2.45) is 17.6 Å². The number of hydrogen-bond donors (Lipinski definition) is 1. The fourth-order valence-electron chi connectivity index (χ4n) is 2.98. The van der Waals surface area contributed by atoms with E-state index >= 15 is 0 Å². The number of rotatable bonds is 4. The van der Waals surface area contributed by atoms with E-state index in [1.165, 1.54) is 0 Å². The summed E-state index contributed by atoms with van der Waals surface area (Å²) in [5.41, 5.74) is 7.31. The summed E-state index contributed by atoms with van der Waals surface area (Å²) in [6.45, 7) is 11.9. The molecule has 0 radical (unpaired) electrons. The van der Waals surface area contributed by atoms with Gasteiger partial charge in [0.1, 0.15) is 0 Å². The first-order chi connectivity index (χ1) is 9.01. The summed E-state index contributed by atoms with van der Waals surface area (Å²) in [7, 11) is 0. The van der Waals surface area contributed by atoms with Crippen molar-refractivity contribution < 1.29 is 0 Å². The van der Waals surface area contributed by atoms with E-state index in [1.807, 2.05) is 0 Å². The van der Waals surface area contributed by atoms with Crippen LogP contribution < -0.4 is 10.6 Å². The van der Waals surface area contributed by atoms with Crippen LogP contribution in [0.15, 0.2) is 6.20 Å². The molecule has 2 heterocycles. The molecule has 1 aromatic rings. The second-order valence-electron chi connectivity index (χ2n) is 6.30. The average molecular weight is 264 g/mol. The molecule has 1 aliphatic heterocycles. The predicted molar refractivity (Wildman–Crippen MR) is 80.4 cm³/mol. The van der Waals surface area contributed by atoms with Gasteiger partial charge in [0.2, 0.25) is 5.95 Å². The number of imidazole rings is 1. The molecular weight excluding hydrogens is 236 g/mol. The van der Waals surface area contributed by atoms with Gasteiger partial charge in [-0.3, -0.25) is 0 Å². The molecule has 1 fully saturated rings. The standard InChI is InChI=1S/C15H28N4/c1-5-13-10-18(7-6-14(13)16)15-17-12(4)9-19(15)8-11(2)3/h9,11,13-14H,5-8,10,16H2,1-4H3. The van der Waals surface area contributed by atoms with Crippen LogP contribution in [0.4, 0.5) is 5.95 Å². The summed E-state index contributed by atoms with van der Waals surface area (Å²) in [4.78, 5) is 7.15. The van der Waals surface area contributed by atoms with E-state index in [4.69, 9.17) is 10.7 Å². The van der Waals surface area contributed by atoms with Gasteiger partial charge in [-0.2, -0.15) is 0 Å². The lowest BCUT2D eigenvalue weighted by Gasteiger charge is -2.37. The van der Waals surface area contributed by atoms with Gasteiger partial charge in [-0.15, -0.1) is 0 Å². The average Bonchev–Trinajstić information content (AvgIpc) is 2.70. The normalized spacial score (nSPS) is 24.2. The lowest BCUT2D eigenvalue weighted by molar-refractivity contribution is 0.342. The second kappa shape index (κ2) is 5.95. The molecule has 2 N–H and O–H groups in total. The van der Waals surface area contributed by atoms with Crippen molar-refractivity contribution in [1.29, 1.82) is 0 Å². The van der Waals surface area contributed by atoms with Crippen molar-refractivity contribution in [3.8, 4) is 0 Å². The molecule has 19 heavy (non-hydrogen) atoms. The third-order valence-corrected chi connectivity index (χ3v) is 4.04. The van der Waals surface area contributed by atoms with Crippen LogP contribution in [0.5, 0.6) is 0 Å².